The summed E-state index contributed by atoms with van der Waals surface area (Å²) in [7, 11) is 0. The minimum absolute atomic E-state index is 0.478. The molecule has 0 spiro atoms. The summed E-state index contributed by atoms with van der Waals surface area (Å²) in [6, 6.07) is 15.3. The lowest BCUT2D eigenvalue weighted by Gasteiger charge is -2.07. The Morgan fingerprint density at radius 3 is 2.73 bits per heavy atom. The maximum atomic E-state index is 6.25. The summed E-state index contributed by atoms with van der Waals surface area (Å²) in [5.74, 6) is 7.35. The summed E-state index contributed by atoms with van der Waals surface area (Å²) in [4.78, 5) is 4.47. The molecule has 4 rings (SSSR count). The standard InChI is InChI=1S/C18H13Cl2N5S/c19-13-6-7-14(15(20)9-13)17-23-24-18(25(17)21)26-10-12-4-1-3-11-5-2-8-22-16(11)12/h1-9H,10,21H2. The van der Waals surface area contributed by atoms with E-state index >= 15 is 0 Å². The highest BCUT2D eigenvalue weighted by molar-refractivity contribution is 7.98. The molecule has 0 aliphatic rings. The van der Waals surface area contributed by atoms with Crippen molar-refractivity contribution in [3.63, 3.8) is 0 Å². The maximum Gasteiger partial charge on any atom is 0.210 e. The summed E-state index contributed by atoms with van der Waals surface area (Å²) in [6.45, 7) is 0. The molecule has 2 aromatic heterocycles. The zero-order valence-electron chi connectivity index (χ0n) is 13.4. The Hall–Kier alpha value is -2.28. The maximum absolute atomic E-state index is 6.25. The lowest BCUT2D eigenvalue weighted by molar-refractivity contribution is 0.849. The molecule has 2 N–H and O–H groups in total. The molecule has 0 saturated carbocycles. The molecule has 0 saturated heterocycles. The van der Waals surface area contributed by atoms with Crippen molar-refractivity contribution >= 4 is 45.9 Å². The minimum atomic E-state index is 0.478. The van der Waals surface area contributed by atoms with Gasteiger partial charge in [-0.2, -0.15) is 0 Å². The molecule has 4 aromatic rings. The summed E-state index contributed by atoms with van der Waals surface area (Å²) in [5, 5.41) is 11.1. The molecule has 8 heteroatoms. The Balaban J connectivity index is 1.61. The Bertz CT molecular complexity index is 1090. The summed E-state index contributed by atoms with van der Waals surface area (Å²) < 4.78 is 1.44. The van der Waals surface area contributed by atoms with Crippen LogP contribution in [0, 0.1) is 0 Å². The van der Waals surface area contributed by atoms with Gasteiger partial charge in [0.25, 0.3) is 0 Å². The second kappa shape index (κ2) is 7.15. The molecular formula is C18H13Cl2N5S. The average molecular weight is 402 g/mol. The number of halogens is 2. The predicted octanol–water partition coefficient (Wildman–Crippen LogP) is 4.81. The van der Waals surface area contributed by atoms with Gasteiger partial charge in [-0.05, 0) is 29.8 Å². The molecule has 0 unspecified atom stereocenters. The van der Waals surface area contributed by atoms with Crippen molar-refractivity contribution in [2.75, 3.05) is 5.84 Å². The highest BCUT2D eigenvalue weighted by atomic mass is 35.5. The van der Waals surface area contributed by atoms with Crippen LogP contribution in [0.5, 0.6) is 0 Å². The number of pyridine rings is 1. The van der Waals surface area contributed by atoms with Crippen LogP contribution in [0.25, 0.3) is 22.3 Å². The molecule has 130 valence electrons. The van der Waals surface area contributed by atoms with E-state index in [4.69, 9.17) is 29.0 Å². The van der Waals surface area contributed by atoms with Crippen molar-refractivity contribution in [3.05, 3.63) is 70.3 Å². The summed E-state index contributed by atoms with van der Waals surface area (Å²) in [5.41, 5.74) is 2.78. The van der Waals surface area contributed by atoms with Crippen LogP contribution < -0.4 is 5.84 Å². The van der Waals surface area contributed by atoms with Crippen LogP contribution in [-0.2, 0) is 5.75 Å². The Morgan fingerprint density at radius 2 is 1.88 bits per heavy atom. The van der Waals surface area contributed by atoms with E-state index in [9.17, 15) is 0 Å². The Morgan fingerprint density at radius 1 is 1.04 bits per heavy atom. The SMILES string of the molecule is Nn1c(SCc2cccc3cccnc23)nnc1-c1ccc(Cl)cc1Cl. The average Bonchev–Trinajstić information content (AvgIpc) is 3.00. The second-order valence-electron chi connectivity index (χ2n) is 5.58. The molecule has 2 aromatic carbocycles. The zero-order valence-corrected chi connectivity index (χ0v) is 15.8. The Labute approximate surface area is 164 Å². The molecule has 0 radical (unpaired) electrons. The van der Waals surface area contributed by atoms with Crippen molar-refractivity contribution in [1.82, 2.24) is 19.9 Å². The van der Waals surface area contributed by atoms with Crippen molar-refractivity contribution in [3.8, 4) is 11.4 Å². The highest BCUT2D eigenvalue weighted by Gasteiger charge is 2.15. The quantitative estimate of drug-likeness (QED) is 0.392. The van der Waals surface area contributed by atoms with Crippen molar-refractivity contribution < 1.29 is 0 Å². The third kappa shape index (κ3) is 3.23. The van der Waals surface area contributed by atoms with Crippen LogP contribution in [0.3, 0.4) is 0 Å². The van der Waals surface area contributed by atoms with E-state index in [0.717, 1.165) is 16.5 Å². The molecule has 2 heterocycles. The van der Waals surface area contributed by atoms with E-state index in [-0.39, 0.29) is 0 Å². The van der Waals surface area contributed by atoms with Gasteiger partial charge in [0.1, 0.15) is 0 Å². The molecule has 26 heavy (non-hydrogen) atoms. The molecule has 5 nitrogen and oxygen atoms in total. The monoisotopic (exact) mass is 401 g/mol. The van der Waals surface area contributed by atoms with Gasteiger partial charge in [0.15, 0.2) is 5.82 Å². The number of hydrogen-bond donors (Lipinski definition) is 1. The predicted molar refractivity (Wildman–Crippen MR) is 107 cm³/mol. The fourth-order valence-corrected chi connectivity index (χ4v) is 3.99. The van der Waals surface area contributed by atoms with Gasteiger partial charge < -0.3 is 5.84 Å². The molecule has 0 aliphatic carbocycles. The third-order valence-electron chi connectivity index (χ3n) is 3.91. The normalized spacial score (nSPS) is 11.2. The van der Waals surface area contributed by atoms with Crippen LogP contribution in [0.1, 0.15) is 5.56 Å². The number of aromatic nitrogens is 4. The van der Waals surface area contributed by atoms with Crippen LogP contribution in [0.4, 0.5) is 0 Å². The first kappa shape index (κ1) is 17.1. The molecule has 0 amide bonds. The first-order chi connectivity index (χ1) is 12.6. The van der Waals surface area contributed by atoms with E-state index in [1.807, 2.05) is 24.3 Å². The van der Waals surface area contributed by atoms with Crippen LogP contribution in [0.2, 0.25) is 10.0 Å². The first-order valence-corrected chi connectivity index (χ1v) is 9.49. The summed E-state index contributed by atoms with van der Waals surface area (Å²) >= 11 is 13.7. The molecular weight excluding hydrogens is 389 g/mol. The third-order valence-corrected chi connectivity index (χ3v) is 5.45. The summed E-state index contributed by atoms with van der Waals surface area (Å²) in [6.07, 6.45) is 1.79. The number of fused-ring (bicyclic) bond motifs is 1. The van der Waals surface area contributed by atoms with E-state index < -0.39 is 0 Å². The van der Waals surface area contributed by atoms with Crippen LogP contribution in [0.15, 0.2) is 59.9 Å². The van der Waals surface area contributed by atoms with Gasteiger partial charge in [0, 0.05) is 27.9 Å². The second-order valence-corrected chi connectivity index (χ2v) is 7.37. The van der Waals surface area contributed by atoms with Gasteiger partial charge in [-0.3, -0.25) is 4.98 Å². The number of rotatable bonds is 4. The minimum Gasteiger partial charge on any atom is -0.335 e. The van der Waals surface area contributed by atoms with E-state index in [1.165, 1.54) is 16.4 Å². The Kier molecular flexibility index (Phi) is 4.72. The topological polar surface area (TPSA) is 69.6 Å². The number of para-hydroxylation sites is 1. The van der Waals surface area contributed by atoms with Gasteiger partial charge in [0.05, 0.1) is 10.5 Å². The van der Waals surface area contributed by atoms with Crippen molar-refractivity contribution in [2.24, 2.45) is 0 Å². The largest absolute Gasteiger partial charge is 0.335 e. The number of nitrogens with two attached hydrogens (primary N) is 1. The lowest BCUT2D eigenvalue weighted by Crippen LogP contribution is -2.11. The molecule has 0 atom stereocenters. The first-order valence-electron chi connectivity index (χ1n) is 7.75. The van der Waals surface area contributed by atoms with Gasteiger partial charge in [-0.1, -0.05) is 59.2 Å². The highest BCUT2D eigenvalue weighted by Crippen LogP contribution is 2.31. The van der Waals surface area contributed by atoms with Crippen LogP contribution >= 0.6 is 35.0 Å². The number of hydrogen-bond acceptors (Lipinski definition) is 5. The van der Waals surface area contributed by atoms with Gasteiger partial charge >= 0.3 is 0 Å². The number of nitrogens with zero attached hydrogens (tertiary/aromatic N) is 4. The molecule has 0 bridgehead atoms. The lowest BCUT2D eigenvalue weighted by atomic mass is 10.1. The fraction of sp³-hybridized carbons (Fsp3) is 0.0556. The van der Waals surface area contributed by atoms with Gasteiger partial charge in [-0.25, -0.2) is 4.68 Å². The molecule has 0 aliphatic heterocycles. The van der Waals surface area contributed by atoms with Gasteiger partial charge in [-0.15, -0.1) is 10.2 Å². The van der Waals surface area contributed by atoms with E-state index in [1.54, 1.807) is 24.4 Å². The van der Waals surface area contributed by atoms with Crippen molar-refractivity contribution in [1.29, 1.82) is 0 Å². The number of nitrogen functional groups attached to an aromatic ring is 1. The van der Waals surface area contributed by atoms with E-state index in [0.29, 0.717) is 32.3 Å². The van der Waals surface area contributed by atoms with Gasteiger partial charge in [0.2, 0.25) is 5.16 Å². The number of thioether (sulfide) groups is 1. The number of benzene rings is 2. The van der Waals surface area contributed by atoms with Crippen molar-refractivity contribution in [2.45, 2.75) is 10.9 Å². The van der Waals surface area contributed by atoms with E-state index in [2.05, 4.69) is 21.2 Å². The smallest absolute Gasteiger partial charge is 0.210 e. The molecule has 0 fully saturated rings. The zero-order chi connectivity index (χ0) is 18.1. The van der Waals surface area contributed by atoms with Crippen LogP contribution in [-0.4, -0.2) is 19.9 Å². The fourth-order valence-electron chi connectivity index (χ4n) is 2.66.